The number of carbonyl (C=O) groups excluding carboxylic acids is 1. The van der Waals surface area contributed by atoms with Crippen molar-refractivity contribution < 1.29 is 19.0 Å². The van der Waals surface area contributed by atoms with Gasteiger partial charge in [0.25, 0.3) is 5.79 Å². The molecule has 0 bridgehead atoms. The molecule has 1 N–H and O–H groups in total. The summed E-state index contributed by atoms with van der Waals surface area (Å²) in [6, 6.07) is 5.62. The monoisotopic (exact) mass is 332 g/mol. The fraction of sp³-hybridized carbons (Fsp3) is 0.611. The van der Waals surface area contributed by atoms with Gasteiger partial charge in [-0.15, -0.1) is 0 Å². The van der Waals surface area contributed by atoms with Gasteiger partial charge in [0, 0.05) is 37.7 Å². The van der Waals surface area contributed by atoms with E-state index in [1.54, 1.807) is 0 Å². The first-order valence-electron chi connectivity index (χ1n) is 8.78. The van der Waals surface area contributed by atoms with E-state index in [-0.39, 0.29) is 12.0 Å². The van der Waals surface area contributed by atoms with E-state index < -0.39 is 5.79 Å². The molecule has 0 aromatic heterocycles. The topological polar surface area (TPSA) is 60.0 Å². The van der Waals surface area contributed by atoms with E-state index in [1.165, 1.54) is 0 Å². The van der Waals surface area contributed by atoms with Crippen LogP contribution in [0.2, 0.25) is 0 Å². The predicted octanol–water partition coefficient (Wildman–Crippen LogP) is 2.39. The number of ether oxygens (including phenoxy) is 3. The molecule has 1 aliphatic carbocycles. The molecule has 1 unspecified atom stereocenters. The summed E-state index contributed by atoms with van der Waals surface area (Å²) in [5.74, 6) is 1.03. The average molecular weight is 332 g/mol. The predicted molar refractivity (Wildman–Crippen MR) is 89.4 cm³/mol. The summed E-state index contributed by atoms with van der Waals surface area (Å²) < 4.78 is 17.5. The number of carbonyl (C=O) groups is 1. The molecule has 1 atom stereocenters. The molecule has 6 nitrogen and oxygen atoms in total. The maximum Gasteiger partial charge on any atom is 0.251 e. The van der Waals surface area contributed by atoms with Gasteiger partial charge in [-0.1, -0.05) is 0 Å². The molecule has 6 heteroatoms. The third-order valence-corrected chi connectivity index (χ3v) is 4.88. The molecule has 3 aliphatic rings. The number of nitrogens with zero attached hydrogens (tertiary/aromatic N) is 1. The lowest BCUT2D eigenvalue weighted by atomic mass is 10.2. The molecule has 2 fully saturated rings. The van der Waals surface area contributed by atoms with Gasteiger partial charge >= 0.3 is 0 Å². The number of nitrogens with one attached hydrogen (secondary N) is 1. The van der Waals surface area contributed by atoms with Crippen LogP contribution in [0, 0.1) is 0 Å². The van der Waals surface area contributed by atoms with Crippen molar-refractivity contribution in [2.45, 2.75) is 44.5 Å². The van der Waals surface area contributed by atoms with Crippen molar-refractivity contribution in [2.75, 3.05) is 31.6 Å². The van der Waals surface area contributed by atoms with Gasteiger partial charge in [-0.25, -0.2) is 0 Å². The van der Waals surface area contributed by atoms with Gasteiger partial charge in [0.15, 0.2) is 11.5 Å². The Balaban J connectivity index is 1.37. The Hall–Kier alpha value is -1.79. The SMILES string of the molecule is CC1CN(CC(=O)Nc2ccc3c(c2)OC2(CCCC2)O3)CCO1. The summed E-state index contributed by atoms with van der Waals surface area (Å²) in [6.45, 7) is 4.67. The van der Waals surface area contributed by atoms with Gasteiger partial charge in [0.1, 0.15) is 0 Å². The Morgan fingerprint density at radius 1 is 1.29 bits per heavy atom. The summed E-state index contributed by atoms with van der Waals surface area (Å²) in [5.41, 5.74) is 0.749. The Labute approximate surface area is 142 Å². The zero-order chi connectivity index (χ0) is 16.6. The largest absolute Gasteiger partial charge is 0.448 e. The minimum Gasteiger partial charge on any atom is -0.448 e. The van der Waals surface area contributed by atoms with E-state index in [9.17, 15) is 4.79 Å². The normalized spacial score (nSPS) is 25.1. The minimum absolute atomic E-state index is 0.0152. The van der Waals surface area contributed by atoms with Crippen molar-refractivity contribution in [3.8, 4) is 11.5 Å². The molecule has 4 rings (SSSR count). The van der Waals surface area contributed by atoms with Gasteiger partial charge in [-0.3, -0.25) is 9.69 Å². The first kappa shape index (κ1) is 15.7. The van der Waals surface area contributed by atoms with E-state index in [0.717, 1.165) is 56.0 Å². The fourth-order valence-corrected chi connectivity index (χ4v) is 3.73. The number of rotatable bonds is 3. The summed E-state index contributed by atoms with van der Waals surface area (Å²) >= 11 is 0. The van der Waals surface area contributed by atoms with Crippen LogP contribution < -0.4 is 14.8 Å². The highest BCUT2D eigenvalue weighted by Crippen LogP contribution is 2.47. The Morgan fingerprint density at radius 3 is 2.88 bits per heavy atom. The first-order chi connectivity index (χ1) is 11.6. The molecule has 1 amide bonds. The molecular formula is C18H24N2O4. The minimum atomic E-state index is -0.463. The van der Waals surface area contributed by atoms with Gasteiger partial charge in [-0.2, -0.15) is 0 Å². The molecule has 1 saturated carbocycles. The Morgan fingerprint density at radius 2 is 2.08 bits per heavy atom. The second kappa shape index (κ2) is 6.26. The van der Waals surface area contributed by atoms with Gasteiger partial charge < -0.3 is 19.5 Å². The van der Waals surface area contributed by atoms with E-state index in [1.807, 2.05) is 25.1 Å². The van der Waals surface area contributed by atoms with E-state index in [4.69, 9.17) is 14.2 Å². The quantitative estimate of drug-likeness (QED) is 0.921. The van der Waals surface area contributed by atoms with Crippen LogP contribution in [-0.4, -0.2) is 48.9 Å². The summed E-state index contributed by atoms with van der Waals surface area (Å²) in [5, 5.41) is 2.96. The molecule has 1 spiro atoms. The number of hydrogen-bond donors (Lipinski definition) is 1. The highest BCUT2D eigenvalue weighted by Gasteiger charge is 2.44. The lowest BCUT2D eigenvalue weighted by Gasteiger charge is -2.30. The summed E-state index contributed by atoms with van der Waals surface area (Å²) in [7, 11) is 0. The number of anilines is 1. The highest BCUT2D eigenvalue weighted by molar-refractivity contribution is 5.92. The van der Waals surface area contributed by atoms with Crippen LogP contribution >= 0.6 is 0 Å². The van der Waals surface area contributed by atoms with Crippen molar-refractivity contribution >= 4 is 11.6 Å². The maximum atomic E-state index is 12.3. The van der Waals surface area contributed by atoms with Crippen molar-refractivity contribution in [2.24, 2.45) is 0 Å². The molecule has 1 aromatic carbocycles. The standard InChI is InChI=1S/C18H24N2O4/c1-13-11-20(8-9-22-13)12-17(21)19-14-4-5-15-16(10-14)24-18(23-15)6-2-3-7-18/h4-5,10,13H,2-3,6-9,11-12H2,1H3,(H,19,21). The van der Waals surface area contributed by atoms with Crippen LogP contribution in [0.4, 0.5) is 5.69 Å². The second-order valence-electron chi connectivity index (χ2n) is 6.95. The Bertz CT molecular complexity index is 627. The van der Waals surface area contributed by atoms with Crippen LogP contribution in [-0.2, 0) is 9.53 Å². The van der Waals surface area contributed by atoms with Crippen molar-refractivity contribution in [3.63, 3.8) is 0 Å². The van der Waals surface area contributed by atoms with Gasteiger partial charge in [0.05, 0.1) is 19.3 Å². The molecular weight excluding hydrogens is 308 g/mol. The molecule has 2 heterocycles. The van der Waals surface area contributed by atoms with Crippen LogP contribution in [0.5, 0.6) is 11.5 Å². The summed E-state index contributed by atoms with van der Waals surface area (Å²) in [6.07, 6.45) is 4.31. The third kappa shape index (κ3) is 3.21. The van der Waals surface area contributed by atoms with Crippen LogP contribution in [0.25, 0.3) is 0 Å². The second-order valence-corrected chi connectivity index (χ2v) is 6.95. The molecule has 0 radical (unpaired) electrons. The number of hydrogen-bond acceptors (Lipinski definition) is 5. The van der Waals surface area contributed by atoms with Gasteiger partial charge in [0.2, 0.25) is 5.91 Å². The Kier molecular flexibility index (Phi) is 4.10. The van der Waals surface area contributed by atoms with Crippen molar-refractivity contribution in [1.29, 1.82) is 0 Å². The molecule has 1 saturated heterocycles. The zero-order valence-corrected chi connectivity index (χ0v) is 14.0. The van der Waals surface area contributed by atoms with E-state index in [2.05, 4.69) is 10.2 Å². The van der Waals surface area contributed by atoms with Crippen LogP contribution in [0.1, 0.15) is 32.6 Å². The summed E-state index contributed by atoms with van der Waals surface area (Å²) in [4.78, 5) is 14.4. The van der Waals surface area contributed by atoms with E-state index in [0.29, 0.717) is 13.2 Å². The van der Waals surface area contributed by atoms with Crippen LogP contribution in [0.15, 0.2) is 18.2 Å². The number of amides is 1. The smallest absolute Gasteiger partial charge is 0.251 e. The van der Waals surface area contributed by atoms with Crippen molar-refractivity contribution in [1.82, 2.24) is 4.90 Å². The van der Waals surface area contributed by atoms with Gasteiger partial charge in [-0.05, 0) is 31.9 Å². The lowest BCUT2D eigenvalue weighted by molar-refractivity contribution is -0.119. The molecule has 2 aliphatic heterocycles. The molecule has 1 aromatic rings. The van der Waals surface area contributed by atoms with Crippen molar-refractivity contribution in [3.05, 3.63) is 18.2 Å². The maximum absolute atomic E-state index is 12.3. The average Bonchev–Trinajstić information content (AvgIpc) is 3.13. The zero-order valence-electron chi connectivity index (χ0n) is 14.0. The van der Waals surface area contributed by atoms with Crippen LogP contribution in [0.3, 0.4) is 0 Å². The number of morpholine rings is 1. The highest BCUT2D eigenvalue weighted by atomic mass is 16.7. The molecule has 24 heavy (non-hydrogen) atoms. The van der Waals surface area contributed by atoms with E-state index >= 15 is 0 Å². The molecule has 130 valence electrons. The first-order valence-corrected chi connectivity index (χ1v) is 8.78. The fourth-order valence-electron chi connectivity index (χ4n) is 3.73. The number of fused-ring (bicyclic) bond motifs is 1. The lowest BCUT2D eigenvalue weighted by Crippen LogP contribution is -2.44. The number of benzene rings is 1. The third-order valence-electron chi connectivity index (χ3n) is 4.88.